The second-order valence-corrected chi connectivity index (χ2v) is 4.99. The molecule has 0 rings (SSSR count). The van der Waals surface area contributed by atoms with Crippen molar-refractivity contribution in [2.75, 3.05) is 13.2 Å². The summed E-state index contributed by atoms with van der Waals surface area (Å²) in [6.07, 6.45) is 7.82. The highest BCUT2D eigenvalue weighted by Crippen LogP contribution is 2.07. The van der Waals surface area contributed by atoms with E-state index < -0.39 is 0 Å². The first-order valence-electron chi connectivity index (χ1n) is 7.56. The van der Waals surface area contributed by atoms with Gasteiger partial charge < -0.3 is 9.47 Å². The number of carbonyl (C=O) groups is 2. The van der Waals surface area contributed by atoms with Gasteiger partial charge >= 0.3 is 11.9 Å². The quantitative estimate of drug-likeness (QED) is 0.347. The van der Waals surface area contributed by atoms with Gasteiger partial charge in [0, 0.05) is 12.2 Å². The van der Waals surface area contributed by atoms with Crippen LogP contribution in [0.15, 0.2) is 25.3 Å². The van der Waals surface area contributed by atoms with E-state index in [2.05, 4.69) is 31.7 Å². The fourth-order valence-electron chi connectivity index (χ4n) is 1.32. The summed E-state index contributed by atoms with van der Waals surface area (Å²) in [6, 6.07) is 0. The molecule has 0 aliphatic rings. The Hall–Kier alpha value is -1.58. The Morgan fingerprint density at radius 3 is 1.90 bits per heavy atom. The number of hydrogen-bond donors (Lipinski definition) is 0. The SMILES string of the molecule is C=CC(=O)OCCC.C=CC(=O)OCCCCCC(C)C. The maximum Gasteiger partial charge on any atom is 0.330 e. The zero-order valence-electron chi connectivity index (χ0n) is 13.7. The molecule has 0 aliphatic heterocycles. The molecule has 0 saturated carbocycles. The average molecular weight is 298 g/mol. The van der Waals surface area contributed by atoms with Crippen molar-refractivity contribution < 1.29 is 19.1 Å². The van der Waals surface area contributed by atoms with Crippen LogP contribution in [-0.4, -0.2) is 25.2 Å². The molecular formula is C17H30O4. The van der Waals surface area contributed by atoms with Crippen molar-refractivity contribution >= 4 is 11.9 Å². The van der Waals surface area contributed by atoms with E-state index in [0.29, 0.717) is 13.2 Å². The monoisotopic (exact) mass is 298 g/mol. The van der Waals surface area contributed by atoms with Crippen molar-refractivity contribution in [3.63, 3.8) is 0 Å². The third-order valence-corrected chi connectivity index (χ3v) is 2.45. The van der Waals surface area contributed by atoms with E-state index >= 15 is 0 Å². The van der Waals surface area contributed by atoms with Crippen LogP contribution in [0.2, 0.25) is 0 Å². The van der Waals surface area contributed by atoms with Crippen LogP contribution in [0.4, 0.5) is 0 Å². The molecule has 0 aromatic carbocycles. The van der Waals surface area contributed by atoms with Gasteiger partial charge in [-0.05, 0) is 18.8 Å². The van der Waals surface area contributed by atoms with Gasteiger partial charge in [-0.1, -0.05) is 53.2 Å². The summed E-state index contributed by atoms with van der Waals surface area (Å²) in [5, 5.41) is 0. The minimum Gasteiger partial charge on any atom is -0.463 e. The molecule has 4 heteroatoms. The Labute approximate surface area is 129 Å². The van der Waals surface area contributed by atoms with E-state index in [9.17, 15) is 9.59 Å². The van der Waals surface area contributed by atoms with Gasteiger partial charge in [0.05, 0.1) is 13.2 Å². The Bertz CT molecular complexity index is 295. The van der Waals surface area contributed by atoms with Crippen LogP contribution in [-0.2, 0) is 19.1 Å². The molecule has 21 heavy (non-hydrogen) atoms. The molecule has 122 valence electrons. The summed E-state index contributed by atoms with van der Waals surface area (Å²) in [7, 11) is 0. The molecule has 0 saturated heterocycles. The topological polar surface area (TPSA) is 52.6 Å². The largest absolute Gasteiger partial charge is 0.463 e. The van der Waals surface area contributed by atoms with E-state index in [1.165, 1.54) is 18.9 Å². The summed E-state index contributed by atoms with van der Waals surface area (Å²) in [5.74, 6) is 0.117. The number of esters is 2. The Morgan fingerprint density at radius 2 is 1.48 bits per heavy atom. The lowest BCUT2D eigenvalue weighted by Crippen LogP contribution is -2.01. The lowest BCUT2D eigenvalue weighted by atomic mass is 10.1. The van der Waals surface area contributed by atoms with Crippen molar-refractivity contribution in [3.05, 3.63) is 25.3 Å². The van der Waals surface area contributed by atoms with E-state index in [-0.39, 0.29) is 11.9 Å². The van der Waals surface area contributed by atoms with Crippen molar-refractivity contribution in [2.45, 2.75) is 52.9 Å². The zero-order chi connectivity index (χ0) is 16.5. The van der Waals surface area contributed by atoms with Crippen LogP contribution < -0.4 is 0 Å². The maximum atomic E-state index is 10.6. The van der Waals surface area contributed by atoms with Crippen LogP contribution in [0, 0.1) is 5.92 Å². The van der Waals surface area contributed by atoms with E-state index in [4.69, 9.17) is 4.74 Å². The van der Waals surface area contributed by atoms with Gasteiger partial charge in [-0.2, -0.15) is 0 Å². The van der Waals surface area contributed by atoms with Gasteiger partial charge in [-0.3, -0.25) is 0 Å². The molecule has 0 N–H and O–H groups in total. The van der Waals surface area contributed by atoms with Crippen molar-refractivity contribution in [2.24, 2.45) is 5.92 Å². The van der Waals surface area contributed by atoms with E-state index in [1.54, 1.807) is 0 Å². The van der Waals surface area contributed by atoms with Crippen molar-refractivity contribution in [1.29, 1.82) is 0 Å². The molecule has 0 aliphatic carbocycles. The summed E-state index contributed by atoms with van der Waals surface area (Å²) in [6.45, 7) is 14.0. The van der Waals surface area contributed by atoms with Crippen LogP contribution in [0.3, 0.4) is 0 Å². The van der Waals surface area contributed by atoms with Crippen LogP contribution in [0.1, 0.15) is 52.9 Å². The number of unbranched alkanes of at least 4 members (excludes halogenated alkanes) is 2. The smallest absolute Gasteiger partial charge is 0.330 e. The summed E-state index contributed by atoms with van der Waals surface area (Å²) in [4.78, 5) is 20.8. The average Bonchev–Trinajstić information content (AvgIpc) is 2.48. The zero-order valence-corrected chi connectivity index (χ0v) is 13.7. The van der Waals surface area contributed by atoms with Gasteiger partial charge in [0.1, 0.15) is 0 Å². The van der Waals surface area contributed by atoms with Crippen LogP contribution in [0.5, 0.6) is 0 Å². The highest BCUT2D eigenvalue weighted by atomic mass is 16.5. The third kappa shape index (κ3) is 20.9. The maximum absolute atomic E-state index is 10.6. The number of ether oxygens (including phenoxy) is 2. The third-order valence-electron chi connectivity index (χ3n) is 2.45. The first kappa shape index (κ1) is 21.7. The lowest BCUT2D eigenvalue weighted by Gasteiger charge is -2.04. The molecule has 0 radical (unpaired) electrons. The minimum atomic E-state index is -0.341. The van der Waals surface area contributed by atoms with Crippen molar-refractivity contribution in [3.8, 4) is 0 Å². The highest BCUT2D eigenvalue weighted by molar-refractivity contribution is 5.81. The molecule has 4 nitrogen and oxygen atoms in total. The fourth-order valence-corrected chi connectivity index (χ4v) is 1.32. The summed E-state index contributed by atoms with van der Waals surface area (Å²) in [5.41, 5.74) is 0. The highest BCUT2D eigenvalue weighted by Gasteiger charge is 1.96. The molecule has 0 aromatic rings. The Morgan fingerprint density at radius 1 is 0.952 bits per heavy atom. The van der Waals surface area contributed by atoms with Gasteiger partial charge in [-0.25, -0.2) is 9.59 Å². The predicted octanol–water partition coefficient (Wildman–Crippen LogP) is 4.06. The first-order valence-corrected chi connectivity index (χ1v) is 7.56. The van der Waals surface area contributed by atoms with Gasteiger partial charge in [-0.15, -0.1) is 0 Å². The molecule has 0 fully saturated rings. The predicted molar refractivity (Wildman–Crippen MR) is 85.9 cm³/mol. The first-order chi connectivity index (χ1) is 9.97. The molecule has 0 amide bonds. The summed E-state index contributed by atoms with van der Waals surface area (Å²) < 4.78 is 9.42. The second-order valence-electron chi connectivity index (χ2n) is 4.99. The molecule has 0 bridgehead atoms. The standard InChI is InChI=1S/C11H20O2.C6H10O2/c1-4-11(12)13-9-7-5-6-8-10(2)3;1-3-5-8-6(7)4-2/h4,10H,1,5-9H2,2-3H3;4H,2-3,5H2,1H3. The molecule has 0 atom stereocenters. The number of hydrogen-bond acceptors (Lipinski definition) is 4. The summed E-state index contributed by atoms with van der Waals surface area (Å²) >= 11 is 0. The van der Waals surface area contributed by atoms with E-state index in [0.717, 1.165) is 31.3 Å². The lowest BCUT2D eigenvalue weighted by molar-refractivity contribution is -0.138. The molecule has 0 aromatic heterocycles. The normalized spacial score (nSPS) is 9.33. The molecule has 0 unspecified atom stereocenters. The Kier molecular flexibility index (Phi) is 17.0. The molecular weight excluding hydrogens is 268 g/mol. The Balaban J connectivity index is 0. The van der Waals surface area contributed by atoms with Gasteiger partial charge in [0.15, 0.2) is 0 Å². The number of rotatable bonds is 10. The number of carbonyl (C=O) groups excluding carboxylic acids is 2. The fraction of sp³-hybridized carbons (Fsp3) is 0.647. The van der Waals surface area contributed by atoms with Gasteiger partial charge in [0.2, 0.25) is 0 Å². The second kappa shape index (κ2) is 16.5. The molecule has 0 heterocycles. The van der Waals surface area contributed by atoms with Crippen LogP contribution in [0.25, 0.3) is 0 Å². The van der Waals surface area contributed by atoms with Gasteiger partial charge in [0.25, 0.3) is 0 Å². The molecule has 0 spiro atoms. The van der Waals surface area contributed by atoms with Crippen LogP contribution >= 0.6 is 0 Å². The minimum absolute atomic E-state index is 0.316. The van der Waals surface area contributed by atoms with E-state index in [1.807, 2.05) is 6.92 Å². The van der Waals surface area contributed by atoms with Crippen molar-refractivity contribution in [1.82, 2.24) is 0 Å².